The van der Waals surface area contributed by atoms with E-state index in [0.717, 1.165) is 12.0 Å². The van der Waals surface area contributed by atoms with Crippen LogP contribution in [0.4, 0.5) is 0 Å². The first-order valence-corrected chi connectivity index (χ1v) is 10.8. The molecule has 0 aliphatic carbocycles. The van der Waals surface area contributed by atoms with E-state index in [1.54, 1.807) is 28.8 Å². The highest BCUT2D eigenvalue weighted by molar-refractivity contribution is 7.98. The van der Waals surface area contributed by atoms with Crippen molar-refractivity contribution in [1.29, 1.82) is 5.26 Å². The van der Waals surface area contributed by atoms with E-state index < -0.39 is 0 Å². The molecule has 0 spiro atoms. The van der Waals surface area contributed by atoms with Crippen LogP contribution in [0.25, 0.3) is 10.9 Å². The van der Waals surface area contributed by atoms with Gasteiger partial charge in [-0.25, -0.2) is 4.98 Å². The molecule has 2 aromatic carbocycles. The summed E-state index contributed by atoms with van der Waals surface area (Å²) >= 11 is 7.58. The molecule has 3 aromatic rings. The lowest BCUT2D eigenvalue weighted by Crippen LogP contribution is -2.24. The van der Waals surface area contributed by atoms with Gasteiger partial charge in [0.05, 0.1) is 28.6 Å². The molecule has 1 aromatic heterocycles. The largest absolute Gasteiger partial charge is 0.379 e. The monoisotopic (exact) mass is 427 g/mol. The number of benzene rings is 2. The van der Waals surface area contributed by atoms with Crippen molar-refractivity contribution >= 4 is 34.3 Å². The maximum Gasteiger partial charge on any atom is 0.262 e. The fraction of sp³-hybridized carbons (Fsp3) is 0.318. The minimum atomic E-state index is -0.0792. The molecule has 3 rings (SSSR count). The van der Waals surface area contributed by atoms with Gasteiger partial charge in [-0.05, 0) is 56.2 Å². The van der Waals surface area contributed by atoms with Gasteiger partial charge in [-0.3, -0.25) is 9.36 Å². The summed E-state index contributed by atoms with van der Waals surface area (Å²) in [7, 11) is 0. The van der Waals surface area contributed by atoms with Gasteiger partial charge in [0.25, 0.3) is 5.56 Å². The topological polar surface area (TPSA) is 67.9 Å². The van der Waals surface area contributed by atoms with Gasteiger partial charge < -0.3 is 4.74 Å². The molecule has 150 valence electrons. The van der Waals surface area contributed by atoms with Gasteiger partial charge in [-0.15, -0.1) is 0 Å². The van der Waals surface area contributed by atoms with E-state index in [4.69, 9.17) is 26.6 Å². The van der Waals surface area contributed by atoms with Crippen LogP contribution < -0.4 is 5.56 Å². The highest BCUT2D eigenvalue weighted by Gasteiger charge is 2.12. The molecule has 0 fully saturated rings. The summed E-state index contributed by atoms with van der Waals surface area (Å²) in [6.45, 7) is 5.09. The summed E-state index contributed by atoms with van der Waals surface area (Å²) in [4.78, 5) is 17.8. The van der Waals surface area contributed by atoms with Crippen molar-refractivity contribution in [3.05, 3.63) is 69.0 Å². The lowest BCUT2D eigenvalue weighted by atomic mass is 10.2. The van der Waals surface area contributed by atoms with Gasteiger partial charge in [0, 0.05) is 23.9 Å². The minimum absolute atomic E-state index is 0.0792. The van der Waals surface area contributed by atoms with Crippen LogP contribution >= 0.6 is 23.4 Å². The van der Waals surface area contributed by atoms with Crippen LogP contribution in [0, 0.1) is 11.3 Å². The summed E-state index contributed by atoms with van der Waals surface area (Å²) in [6, 6.07) is 14.7. The van der Waals surface area contributed by atoms with Crippen LogP contribution in [-0.2, 0) is 17.0 Å². The number of halogens is 1. The van der Waals surface area contributed by atoms with Crippen LogP contribution in [0.3, 0.4) is 0 Å². The molecule has 0 bridgehead atoms. The molecular weight excluding hydrogens is 406 g/mol. The van der Waals surface area contributed by atoms with Gasteiger partial charge in [-0.1, -0.05) is 35.5 Å². The average molecular weight is 428 g/mol. The molecule has 0 atom stereocenters. The molecule has 0 aliphatic rings. The quantitative estimate of drug-likeness (QED) is 0.286. The molecule has 7 heteroatoms. The molecule has 1 heterocycles. The molecule has 0 saturated heterocycles. The third kappa shape index (κ3) is 5.60. The Bertz CT molecular complexity index is 1110. The Morgan fingerprint density at radius 1 is 1.28 bits per heavy atom. The highest BCUT2D eigenvalue weighted by Crippen LogP contribution is 2.24. The summed E-state index contributed by atoms with van der Waals surface area (Å²) in [5.41, 5.74) is 2.13. The zero-order chi connectivity index (χ0) is 20.8. The van der Waals surface area contributed by atoms with Crippen LogP contribution in [0.5, 0.6) is 0 Å². The predicted molar refractivity (Wildman–Crippen MR) is 117 cm³/mol. The Morgan fingerprint density at radius 2 is 2.10 bits per heavy atom. The first-order valence-electron chi connectivity index (χ1n) is 9.41. The average Bonchev–Trinajstić information content (AvgIpc) is 2.70. The molecule has 5 nitrogen and oxygen atoms in total. The first kappa shape index (κ1) is 21.4. The Balaban J connectivity index is 1.90. The number of nitrogens with zero attached hydrogens (tertiary/aromatic N) is 3. The molecule has 0 amide bonds. The molecule has 0 aliphatic heterocycles. The van der Waals surface area contributed by atoms with Crippen LogP contribution in [0.1, 0.15) is 31.4 Å². The fourth-order valence-corrected chi connectivity index (χ4v) is 4.04. The van der Waals surface area contributed by atoms with Gasteiger partial charge in [0.1, 0.15) is 0 Å². The molecule has 0 saturated carbocycles. The van der Waals surface area contributed by atoms with E-state index >= 15 is 0 Å². The maximum absolute atomic E-state index is 13.1. The molecule has 0 N–H and O–H groups in total. The predicted octanol–water partition coefficient (Wildman–Crippen LogP) is 5.03. The number of aromatic nitrogens is 2. The van der Waals surface area contributed by atoms with Gasteiger partial charge in [0.2, 0.25) is 0 Å². The molecule has 29 heavy (non-hydrogen) atoms. The summed E-state index contributed by atoms with van der Waals surface area (Å²) in [5.74, 6) is 0.608. The van der Waals surface area contributed by atoms with Crippen molar-refractivity contribution in [2.45, 2.75) is 43.8 Å². The molecule has 0 unspecified atom stereocenters. The number of thioether (sulfide) groups is 1. The Kier molecular flexibility index (Phi) is 7.32. The third-order valence-electron chi connectivity index (χ3n) is 4.28. The van der Waals surface area contributed by atoms with E-state index in [-0.39, 0.29) is 11.7 Å². The Morgan fingerprint density at radius 3 is 2.86 bits per heavy atom. The second-order valence-electron chi connectivity index (χ2n) is 6.89. The smallest absolute Gasteiger partial charge is 0.262 e. The van der Waals surface area contributed by atoms with Crippen molar-refractivity contribution in [1.82, 2.24) is 9.55 Å². The number of hydrogen-bond donors (Lipinski definition) is 0. The van der Waals surface area contributed by atoms with Gasteiger partial charge in [0.15, 0.2) is 5.16 Å². The zero-order valence-corrected chi connectivity index (χ0v) is 18.0. The zero-order valence-electron chi connectivity index (χ0n) is 16.4. The first-order chi connectivity index (χ1) is 14.0. The third-order valence-corrected chi connectivity index (χ3v) is 5.57. The fourth-order valence-electron chi connectivity index (χ4n) is 2.90. The number of rotatable bonds is 8. The lowest BCUT2D eigenvalue weighted by Gasteiger charge is -2.14. The van der Waals surface area contributed by atoms with Crippen molar-refractivity contribution in [3.8, 4) is 6.07 Å². The Labute approximate surface area is 179 Å². The number of nitriles is 1. The highest BCUT2D eigenvalue weighted by atomic mass is 35.5. The van der Waals surface area contributed by atoms with E-state index in [1.807, 2.05) is 32.0 Å². The van der Waals surface area contributed by atoms with E-state index in [9.17, 15) is 4.79 Å². The molecule has 0 radical (unpaired) electrons. The van der Waals surface area contributed by atoms with E-state index in [2.05, 4.69) is 6.07 Å². The second kappa shape index (κ2) is 9.93. The second-order valence-corrected chi connectivity index (χ2v) is 8.27. The van der Waals surface area contributed by atoms with Gasteiger partial charge >= 0.3 is 0 Å². The number of hydrogen-bond acceptors (Lipinski definition) is 5. The lowest BCUT2D eigenvalue weighted by molar-refractivity contribution is 0.0743. The van der Waals surface area contributed by atoms with Crippen LogP contribution in [-0.4, -0.2) is 22.3 Å². The standard InChI is InChI=1S/C22H22ClN3O2S/c1-15(2)28-10-4-9-26-21(27)19-8-7-18(23)12-20(19)25-22(26)29-14-17-6-3-5-16(11-17)13-24/h3,5-8,11-12,15H,4,9-10,14H2,1-2H3. The number of fused-ring (bicyclic) bond motifs is 1. The number of ether oxygens (including phenoxy) is 1. The van der Waals surface area contributed by atoms with Crippen LogP contribution in [0.15, 0.2) is 52.4 Å². The van der Waals surface area contributed by atoms with Crippen molar-refractivity contribution in [2.75, 3.05) is 6.61 Å². The normalized spacial score (nSPS) is 11.1. The van der Waals surface area contributed by atoms with Crippen molar-refractivity contribution < 1.29 is 4.74 Å². The maximum atomic E-state index is 13.1. The summed E-state index contributed by atoms with van der Waals surface area (Å²) in [6.07, 6.45) is 0.876. The van der Waals surface area contributed by atoms with Crippen molar-refractivity contribution in [3.63, 3.8) is 0 Å². The Hall–Kier alpha value is -2.33. The van der Waals surface area contributed by atoms with Crippen LogP contribution in [0.2, 0.25) is 5.02 Å². The van der Waals surface area contributed by atoms with E-state index in [1.165, 1.54) is 11.8 Å². The van der Waals surface area contributed by atoms with E-state index in [0.29, 0.717) is 45.5 Å². The van der Waals surface area contributed by atoms with Gasteiger partial charge in [-0.2, -0.15) is 5.26 Å². The minimum Gasteiger partial charge on any atom is -0.379 e. The molecular formula is C22H22ClN3O2S. The summed E-state index contributed by atoms with van der Waals surface area (Å²) in [5, 5.41) is 10.8. The SMILES string of the molecule is CC(C)OCCCn1c(SCc2cccc(C#N)c2)nc2cc(Cl)ccc2c1=O. The summed E-state index contributed by atoms with van der Waals surface area (Å²) < 4.78 is 7.32. The van der Waals surface area contributed by atoms with Crippen molar-refractivity contribution in [2.24, 2.45) is 0 Å².